The summed E-state index contributed by atoms with van der Waals surface area (Å²) in [6.45, 7) is 3.46. The normalized spacial score (nSPS) is 12.0. The molecule has 27 heavy (non-hydrogen) atoms. The Labute approximate surface area is 158 Å². The third-order valence-corrected chi connectivity index (χ3v) is 4.97. The van der Waals surface area contributed by atoms with Gasteiger partial charge in [-0.25, -0.2) is 14.8 Å². The third kappa shape index (κ3) is 4.21. The summed E-state index contributed by atoms with van der Waals surface area (Å²) in [5, 5.41) is 26.6. The van der Waals surface area contributed by atoms with Crippen LogP contribution in [-0.4, -0.2) is 44.7 Å². The Morgan fingerprint density at radius 1 is 1.26 bits per heavy atom. The lowest BCUT2D eigenvalue weighted by Crippen LogP contribution is -2.33. The van der Waals surface area contributed by atoms with Gasteiger partial charge in [-0.1, -0.05) is 29.0 Å². The van der Waals surface area contributed by atoms with Gasteiger partial charge in [0.05, 0.1) is 12.2 Å². The number of aliphatic hydroxyl groups excluding tert-OH is 1. The maximum atomic E-state index is 12.1. The highest BCUT2D eigenvalue weighted by molar-refractivity contribution is 7.17. The van der Waals surface area contributed by atoms with Crippen LogP contribution < -0.4 is 10.6 Å². The molecule has 9 heteroatoms. The second-order valence-electron chi connectivity index (χ2n) is 6.01. The highest BCUT2D eigenvalue weighted by Gasteiger charge is 2.20. The molecule has 1 amide bonds. The molecule has 1 aromatic carbocycles. The van der Waals surface area contributed by atoms with E-state index in [1.807, 2.05) is 31.2 Å². The average Bonchev–Trinajstić information content (AvgIpc) is 3.00. The Balaban J connectivity index is 1.66. The van der Waals surface area contributed by atoms with Gasteiger partial charge in [0, 0.05) is 11.6 Å². The number of fused-ring (bicyclic) bond motifs is 1. The molecule has 0 fully saturated rings. The number of carboxylic acids is 1. The predicted molar refractivity (Wildman–Crippen MR) is 103 cm³/mol. The molecule has 0 unspecified atom stereocenters. The van der Waals surface area contributed by atoms with Gasteiger partial charge in [0.2, 0.25) is 0 Å². The second kappa shape index (κ2) is 7.68. The molecule has 0 aliphatic heterocycles. The van der Waals surface area contributed by atoms with E-state index in [1.54, 1.807) is 13.1 Å². The van der Waals surface area contributed by atoms with E-state index in [9.17, 15) is 14.7 Å². The average molecular weight is 386 g/mol. The number of benzene rings is 1. The summed E-state index contributed by atoms with van der Waals surface area (Å²) in [5.74, 6) is -1.21. The molecule has 8 nitrogen and oxygen atoms in total. The lowest BCUT2D eigenvalue weighted by atomic mass is 10.1. The van der Waals surface area contributed by atoms with E-state index in [0.29, 0.717) is 11.5 Å². The first kappa shape index (κ1) is 18.7. The van der Waals surface area contributed by atoms with Crippen molar-refractivity contribution in [3.05, 3.63) is 46.6 Å². The van der Waals surface area contributed by atoms with Crippen LogP contribution in [0.2, 0.25) is 0 Å². The number of nitrogens with one attached hydrogen (secondary N) is 2. The van der Waals surface area contributed by atoms with Crippen LogP contribution in [0, 0.1) is 13.8 Å². The summed E-state index contributed by atoms with van der Waals surface area (Å²) in [6.07, 6.45) is 0.294. The molecule has 0 aliphatic carbocycles. The number of aromatic nitrogens is 2. The molecule has 2 aromatic heterocycles. The zero-order chi connectivity index (χ0) is 19.6. The molecular formula is C18H18N4O4S. The van der Waals surface area contributed by atoms with Crippen molar-refractivity contribution in [2.75, 3.05) is 17.2 Å². The fraction of sp³-hybridized carbons (Fsp3) is 0.222. The monoisotopic (exact) mass is 386 g/mol. The van der Waals surface area contributed by atoms with E-state index in [-0.39, 0.29) is 16.6 Å². The molecular weight excluding hydrogens is 368 g/mol. The summed E-state index contributed by atoms with van der Waals surface area (Å²) in [4.78, 5) is 31.5. The lowest BCUT2D eigenvalue weighted by molar-refractivity contribution is -0.123. The number of anilines is 2. The van der Waals surface area contributed by atoms with Gasteiger partial charge in [-0.15, -0.1) is 0 Å². The Kier molecular flexibility index (Phi) is 5.33. The third-order valence-electron chi connectivity index (χ3n) is 3.91. The first-order chi connectivity index (χ1) is 12.8. The molecule has 3 aromatic rings. The zero-order valence-electron chi connectivity index (χ0n) is 14.7. The van der Waals surface area contributed by atoms with Crippen LogP contribution in [0.5, 0.6) is 0 Å². The topological polar surface area (TPSA) is 124 Å². The van der Waals surface area contributed by atoms with Crippen LogP contribution in [-0.2, 0) is 4.79 Å². The van der Waals surface area contributed by atoms with Crippen molar-refractivity contribution in [2.45, 2.75) is 20.0 Å². The number of hydrogen-bond donors (Lipinski definition) is 4. The van der Waals surface area contributed by atoms with E-state index in [2.05, 4.69) is 20.6 Å². The minimum atomic E-state index is -1.36. The van der Waals surface area contributed by atoms with Crippen molar-refractivity contribution in [3.8, 4) is 0 Å². The number of aliphatic hydroxyl groups is 1. The fourth-order valence-corrected chi connectivity index (χ4v) is 3.35. The molecule has 0 saturated carbocycles. The van der Waals surface area contributed by atoms with Crippen molar-refractivity contribution in [1.29, 1.82) is 0 Å². The van der Waals surface area contributed by atoms with Crippen molar-refractivity contribution >= 4 is 44.9 Å². The maximum absolute atomic E-state index is 12.1. The number of nitrogens with zero attached hydrogens (tertiary/aromatic N) is 2. The smallest absolute Gasteiger partial charge is 0.347 e. The number of hydrogen-bond acceptors (Lipinski definition) is 7. The van der Waals surface area contributed by atoms with Gasteiger partial charge < -0.3 is 15.5 Å². The number of aryl methyl sites for hydroxylation is 2. The lowest BCUT2D eigenvalue weighted by Gasteiger charge is -2.13. The molecule has 0 saturated heterocycles. The predicted octanol–water partition coefficient (Wildman–Crippen LogP) is 2.42. The number of carboxylic acid groups (broad SMARTS) is 1. The van der Waals surface area contributed by atoms with Crippen molar-refractivity contribution in [1.82, 2.24) is 9.97 Å². The number of thiazole rings is 1. The van der Waals surface area contributed by atoms with Crippen molar-refractivity contribution in [2.24, 2.45) is 0 Å². The largest absolute Gasteiger partial charge is 0.477 e. The summed E-state index contributed by atoms with van der Waals surface area (Å²) in [7, 11) is 0. The molecule has 4 N–H and O–H groups in total. The number of carbonyl (C=O) groups is 2. The summed E-state index contributed by atoms with van der Waals surface area (Å²) in [6, 6.07) is 7.83. The quantitative estimate of drug-likeness (QED) is 0.513. The van der Waals surface area contributed by atoms with Crippen LogP contribution in [0.25, 0.3) is 10.8 Å². The van der Waals surface area contributed by atoms with Crippen LogP contribution >= 0.6 is 11.3 Å². The van der Waals surface area contributed by atoms with Gasteiger partial charge in [-0.3, -0.25) is 10.1 Å². The molecule has 3 rings (SSSR count). The summed E-state index contributed by atoms with van der Waals surface area (Å²) in [5.41, 5.74) is 1.39. The van der Waals surface area contributed by atoms with Crippen molar-refractivity contribution in [3.63, 3.8) is 0 Å². The number of pyridine rings is 1. The Morgan fingerprint density at radius 3 is 2.74 bits per heavy atom. The molecule has 140 valence electrons. The van der Waals surface area contributed by atoms with E-state index in [4.69, 9.17) is 5.11 Å². The van der Waals surface area contributed by atoms with E-state index in [0.717, 1.165) is 27.7 Å². The van der Waals surface area contributed by atoms with Crippen LogP contribution in [0.1, 0.15) is 20.9 Å². The minimum Gasteiger partial charge on any atom is -0.477 e. The van der Waals surface area contributed by atoms with Crippen molar-refractivity contribution < 1.29 is 19.8 Å². The molecule has 0 aliphatic rings. The van der Waals surface area contributed by atoms with Gasteiger partial charge >= 0.3 is 5.97 Å². The van der Waals surface area contributed by atoms with Crippen LogP contribution in [0.3, 0.4) is 0 Å². The maximum Gasteiger partial charge on any atom is 0.347 e. The van der Waals surface area contributed by atoms with E-state index < -0.39 is 18.0 Å². The van der Waals surface area contributed by atoms with E-state index in [1.165, 1.54) is 0 Å². The van der Waals surface area contributed by atoms with E-state index >= 15 is 0 Å². The van der Waals surface area contributed by atoms with Gasteiger partial charge in [0.25, 0.3) is 5.91 Å². The zero-order valence-corrected chi connectivity index (χ0v) is 15.5. The van der Waals surface area contributed by atoms with Gasteiger partial charge in [-0.2, -0.15) is 0 Å². The Morgan fingerprint density at radius 2 is 2.04 bits per heavy atom. The van der Waals surface area contributed by atoms with Gasteiger partial charge in [0.1, 0.15) is 16.8 Å². The Hall–Kier alpha value is -3.04. The summed E-state index contributed by atoms with van der Waals surface area (Å²) < 4.78 is 0. The molecule has 0 radical (unpaired) electrons. The second-order valence-corrected chi connectivity index (χ2v) is 7.01. The minimum absolute atomic E-state index is 0.0493. The SMILES string of the molecule is Cc1ccc2ccnc(NC[C@H](O)C(=O)Nc3nc(C)c(C(=O)O)s3)c2c1. The number of carbonyl (C=O) groups excluding carboxylic acids is 1. The molecule has 0 bridgehead atoms. The molecule has 2 heterocycles. The highest BCUT2D eigenvalue weighted by Crippen LogP contribution is 2.23. The Bertz CT molecular complexity index is 1020. The fourth-order valence-electron chi connectivity index (χ4n) is 2.55. The standard InChI is InChI=1S/C18H18N4O4S/c1-9-3-4-11-5-6-19-15(12(11)7-9)20-8-13(23)16(24)22-18-21-10(2)14(27-18)17(25)26/h3-7,13,23H,8H2,1-2H3,(H,19,20)(H,25,26)(H,21,22,24)/t13-/m0/s1. The first-order valence-corrected chi connectivity index (χ1v) is 8.95. The number of aromatic carboxylic acids is 1. The summed E-state index contributed by atoms with van der Waals surface area (Å²) >= 11 is 0.845. The van der Waals surface area contributed by atoms with Crippen LogP contribution in [0.15, 0.2) is 30.5 Å². The molecule has 0 spiro atoms. The highest BCUT2D eigenvalue weighted by atomic mass is 32.1. The molecule has 1 atom stereocenters. The van der Waals surface area contributed by atoms with Gasteiger partial charge in [0.15, 0.2) is 5.13 Å². The first-order valence-electron chi connectivity index (χ1n) is 8.14. The number of rotatable bonds is 6. The van der Waals surface area contributed by atoms with Crippen LogP contribution in [0.4, 0.5) is 10.9 Å². The van der Waals surface area contributed by atoms with Gasteiger partial charge in [-0.05, 0) is 31.4 Å². The number of amides is 1.